The predicted molar refractivity (Wildman–Crippen MR) is 148 cm³/mol. The number of benzene rings is 1. The summed E-state index contributed by atoms with van der Waals surface area (Å²) < 4.78 is 0. The summed E-state index contributed by atoms with van der Waals surface area (Å²) in [6.45, 7) is 1.07. The van der Waals surface area contributed by atoms with Gasteiger partial charge < -0.3 is 21.3 Å². The Morgan fingerprint density at radius 3 is 2.61 bits per heavy atom. The van der Waals surface area contributed by atoms with Gasteiger partial charge in [-0.3, -0.25) is 4.79 Å². The van der Waals surface area contributed by atoms with Crippen LogP contribution in [0, 0.1) is 17.2 Å². The number of hydrogen-bond donors (Lipinski definition) is 3. The highest BCUT2D eigenvalue weighted by Gasteiger charge is 2.46. The Morgan fingerprint density at radius 2 is 1.84 bits per heavy atom. The van der Waals surface area contributed by atoms with E-state index in [1.165, 1.54) is 25.7 Å². The van der Waals surface area contributed by atoms with Gasteiger partial charge in [-0.1, -0.05) is 25.0 Å². The van der Waals surface area contributed by atoms with Crippen molar-refractivity contribution in [2.45, 2.75) is 62.7 Å². The number of anilines is 2. The molecule has 8 nitrogen and oxygen atoms in total. The van der Waals surface area contributed by atoms with Crippen LogP contribution in [0.2, 0.25) is 0 Å². The number of pyridine rings is 2. The van der Waals surface area contributed by atoms with Crippen LogP contribution in [-0.2, 0) is 0 Å². The summed E-state index contributed by atoms with van der Waals surface area (Å²) in [5, 5.41) is 16.9. The van der Waals surface area contributed by atoms with Crippen LogP contribution >= 0.6 is 0 Å². The van der Waals surface area contributed by atoms with Crippen molar-refractivity contribution in [2.24, 2.45) is 11.7 Å². The highest BCUT2D eigenvalue weighted by atomic mass is 16.1. The van der Waals surface area contributed by atoms with Gasteiger partial charge in [0.15, 0.2) is 0 Å². The lowest BCUT2D eigenvalue weighted by molar-refractivity contribution is 0.100. The number of hydrogen-bond acceptors (Lipinski definition) is 7. The third-order valence-corrected chi connectivity index (χ3v) is 8.44. The van der Waals surface area contributed by atoms with Crippen molar-refractivity contribution in [3.63, 3.8) is 0 Å². The van der Waals surface area contributed by atoms with Gasteiger partial charge >= 0.3 is 0 Å². The Bertz CT molecular complexity index is 1350. The number of nitrogens with one attached hydrogen (secondary N) is 2. The van der Waals surface area contributed by atoms with Gasteiger partial charge in [0.2, 0.25) is 5.91 Å². The van der Waals surface area contributed by atoms with E-state index in [4.69, 9.17) is 11.0 Å². The molecule has 3 aliphatic rings. The maximum absolute atomic E-state index is 11.6. The smallest absolute Gasteiger partial charge is 0.248 e. The highest BCUT2D eigenvalue weighted by Crippen LogP contribution is 2.41. The third-order valence-electron chi connectivity index (χ3n) is 8.44. The summed E-state index contributed by atoms with van der Waals surface area (Å²) in [7, 11) is 0. The van der Waals surface area contributed by atoms with Gasteiger partial charge in [0, 0.05) is 42.5 Å². The van der Waals surface area contributed by atoms with Crippen LogP contribution in [0.15, 0.2) is 60.9 Å². The SMILES string of the molecule is N#Cc1ccc(N2C[C@@H]3C[C@H](N[C@@H]4CCCC[C@H]4Nc4cc(-c5cccc(C(N)=O)c5)ccn4)[C@H]2C3)cn1. The molecule has 4 N–H and O–H groups in total. The molecule has 0 radical (unpaired) electrons. The standard InChI is InChI=1S/C30H33N7O/c31-16-23-8-9-24(17-34-23)37-18-19-12-27(28(37)13-19)35-25-6-1-2-7-26(25)36-29-15-21(10-11-33-29)20-4-3-5-22(14-20)30(32)38/h3-5,8-11,14-15,17,19,25-28,35H,1-2,6-7,12-13,18H2,(H2,32,38)(H,33,36)/t19-,25-,26-,27+,28-/m1/s1. The zero-order valence-corrected chi connectivity index (χ0v) is 21.4. The number of piperidine rings is 1. The van der Waals surface area contributed by atoms with Crippen LogP contribution in [0.25, 0.3) is 11.1 Å². The van der Waals surface area contributed by atoms with E-state index in [1.54, 1.807) is 6.07 Å². The van der Waals surface area contributed by atoms with Crippen molar-refractivity contribution in [2.75, 3.05) is 16.8 Å². The number of fused-ring (bicyclic) bond motifs is 2. The lowest BCUT2D eigenvalue weighted by atomic mass is 9.89. The van der Waals surface area contributed by atoms with Gasteiger partial charge in [-0.05, 0) is 79.1 Å². The van der Waals surface area contributed by atoms with Crippen molar-refractivity contribution in [1.29, 1.82) is 5.26 Å². The molecular weight excluding hydrogens is 474 g/mol. The predicted octanol–water partition coefficient (Wildman–Crippen LogP) is 4.09. The zero-order chi connectivity index (χ0) is 26.1. The Labute approximate surface area is 223 Å². The Hall–Kier alpha value is -3.96. The number of nitriles is 1. The van der Waals surface area contributed by atoms with Crippen LogP contribution in [0.5, 0.6) is 0 Å². The molecule has 194 valence electrons. The van der Waals surface area contributed by atoms with Crippen LogP contribution in [0.3, 0.4) is 0 Å². The summed E-state index contributed by atoms with van der Waals surface area (Å²) in [4.78, 5) is 23.0. The molecule has 3 aromatic rings. The van der Waals surface area contributed by atoms with Crippen LogP contribution < -0.4 is 21.3 Å². The fraction of sp³-hybridized carbons (Fsp3) is 0.400. The first-order chi connectivity index (χ1) is 18.6. The van der Waals surface area contributed by atoms with Gasteiger partial charge in [-0.25, -0.2) is 9.97 Å². The summed E-state index contributed by atoms with van der Waals surface area (Å²) in [5.74, 6) is 1.12. The minimum absolute atomic E-state index is 0.299. The average Bonchev–Trinajstić information content (AvgIpc) is 3.55. The first kappa shape index (κ1) is 24.4. The number of nitrogens with zero attached hydrogens (tertiary/aromatic N) is 4. The van der Waals surface area contributed by atoms with Crippen LogP contribution in [0.4, 0.5) is 11.5 Å². The molecule has 0 spiro atoms. The van der Waals surface area contributed by atoms with Crippen molar-refractivity contribution < 1.29 is 4.79 Å². The molecule has 5 atom stereocenters. The molecule has 1 amide bonds. The number of amides is 1. The molecule has 1 aliphatic heterocycles. The molecule has 2 aliphatic carbocycles. The summed E-state index contributed by atoms with van der Waals surface area (Å²) in [6, 6.07) is 19.0. The number of rotatable bonds is 7. The van der Waals surface area contributed by atoms with E-state index in [-0.39, 0.29) is 0 Å². The first-order valence-electron chi connectivity index (χ1n) is 13.6. The molecule has 1 aromatic carbocycles. The molecule has 8 heteroatoms. The van der Waals surface area contributed by atoms with Gasteiger partial charge in [0.1, 0.15) is 17.6 Å². The second-order valence-corrected chi connectivity index (χ2v) is 10.9. The van der Waals surface area contributed by atoms with Crippen molar-refractivity contribution in [3.05, 3.63) is 72.2 Å². The van der Waals surface area contributed by atoms with E-state index in [9.17, 15) is 4.79 Å². The fourth-order valence-electron chi connectivity index (χ4n) is 6.63. The van der Waals surface area contributed by atoms with Crippen molar-refractivity contribution in [1.82, 2.24) is 15.3 Å². The van der Waals surface area contributed by atoms with Crippen LogP contribution in [0.1, 0.15) is 54.6 Å². The van der Waals surface area contributed by atoms with Gasteiger partial charge in [-0.15, -0.1) is 0 Å². The number of primary amides is 1. The maximum Gasteiger partial charge on any atom is 0.248 e. The molecule has 1 saturated heterocycles. The number of aromatic nitrogens is 2. The monoisotopic (exact) mass is 507 g/mol. The molecule has 38 heavy (non-hydrogen) atoms. The molecule has 0 unspecified atom stereocenters. The zero-order valence-electron chi connectivity index (χ0n) is 21.4. The Balaban J connectivity index is 1.15. The topological polar surface area (TPSA) is 120 Å². The minimum atomic E-state index is -0.426. The third kappa shape index (κ3) is 4.94. The molecule has 2 bridgehead atoms. The summed E-state index contributed by atoms with van der Waals surface area (Å²) >= 11 is 0. The van der Waals surface area contributed by atoms with Gasteiger partial charge in [-0.2, -0.15) is 5.26 Å². The average molecular weight is 508 g/mol. The van der Waals surface area contributed by atoms with Gasteiger partial charge in [0.05, 0.1) is 11.9 Å². The second kappa shape index (κ2) is 10.4. The maximum atomic E-state index is 11.6. The fourth-order valence-corrected chi connectivity index (χ4v) is 6.63. The molecule has 2 aromatic heterocycles. The molecule has 2 saturated carbocycles. The lowest BCUT2D eigenvalue weighted by Crippen LogP contribution is -2.56. The van der Waals surface area contributed by atoms with Gasteiger partial charge in [0.25, 0.3) is 0 Å². The molecular formula is C30H33N7O. The number of nitrogens with two attached hydrogens (primary N) is 1. The Kier molecular flexibility index (Phi) is 6.69. The van der Waals surface area contributed by atoms with E-state index in [0.717, 1.165) is 42.0 Å². The number of carbonyl (C=O) groups excluding carboxylic acids is 1. The minimum Gasteiger partial charge on any atom is -0.366 e. The van der Waals surface area contributed by atoms with Crippen LogP contribution in [-0.4, -0.2) is 46.6 Å². The summed E-state index contributed by atoms with van der Waals surface area (Å²) in [6.07, 6.45) is 10.8. The largest absolute Gasteiger partial charge is 0.366 e. The van der Waals surface area contributed by atoms with E-state index < -0.39 is 5.91 Å². The van der Waals surface area contributed by atoms with E-state index in [0.29, 0.717) is 41.3 Å². The quantitative estimate of drug-likeness (QED) is 0.440. The van der Waals surface area contributed by atoms with Crippen molar-refractivity contribution >= 4 is 17.4 Å². The molecule has 6 rings (SSSR count). The summed E-state index contributed by atoms with van der Waals surface area (Å²) in [5.41, 5.74) is 9.51. The van der Waals surface area contributed by atoms with E-state index >= 15 is 0 Å². The van der Waals surface area contributed by atoms with Crippen molar-refractivity contribution in [3.8, 4) is 17.2 Å². The highest BCUT2D eigenvalue weighted by molar-refractivity contribution is 5.94. The number of carbonyl (C=O) groups is 1. The van der Waals surface area contributed by atoms with E-state index in [2.05, 4.69) is 37.6 Å². The lowest BCUT2D eigenvalue weighted by Gasteiger charge is -2.40. The molecule has 3 heterocycles. The molecule has 3 fully saturated rings. The van der Waals surface area contributed by atoms with E-state index in [1.807, 2.05) is 48.8 Å². The second-order valence-electron chi connectivity index (χ2n) is 10.9. The first-order valence-corrected chi connectivity index (χ1v) is 13.6. The normalized spacial score (nSPS) is 26.2. The Morgan fingerprint density at radius 1 is 1.00 bits per heavy atom.